The number of alkyl halides is 3. The summed E-state index contributed by atoms with van der Waals surface area (Å²) in [4.78, 5) is 50.7. The Balaban J connectivity index is 0.00000107. The molecule has 0 aliphatic rings. The highest BCUT2D eigenvalue weighted by Gasteiger charge is 2.38. The number of pyridine rings is 1. The van der Waals surface area contributed by atoms with Crippen LogP contribution in [0.4, 0.5) is 19.0 Å². The van der Waals surface area contributed by atoms with Crippen LogP contribution < -0.4 is 16.0 Å². The summed E-state index contributed by atoms with van der Waals surface area (Å²) in [6, 6.07) is 20.5. The van der Waals surface area contributed by atoms with Gasteiger partial charge in [0.15, 0.2) is 0 Å². The van der Waals surface area contributed by atoms with Gasteiger partial charge in [0.1, 0.15) is 21.7 Å². The Hall–Kier alpha value is -4.99. The standard InChI is InChI=1S/C31H38N4O6S.C2HF3O2/c1-42(40,41)21-18-26(34-29(36)13-6-3-8-19-32-28-12-7-9-20-33-28)31(39)35-27(22-30(37)38)25-16-14-24(15-17-25)23-10-4-2-5-11-23;3-2(4,5)1(6)7/h2,4-5,7,9-12,14-17,20,26-27H,3,6,8,13,18-19,21-22H2,1H3,(H,32,33)(H,34,36)(H,35,39)(H,37,38);(H,6,7)/t26-,27?;/m0./s1. The van der Waals surface area contributed by atoms with E-state index in [9.17, 15) is 41.1 Å². The molecule has 0 spiro atoms. The third-order valence-electron chi connectivity index (χ3n) is 6.84. The summed E-state index contributed by atoms with van der Waals surface area (Å²) in [6.07, 6.45) is -0.474. The van der Waals surface area contributed by atoms with Gasteiger partial charge in [0, 0.05) is 25.4 Å². The highest BCUT2D eigenvalue weighted by Crippen LogP contribution is 2.24. The van der Waals surface area contributed by atoms with Crippen molar-refractivity contribution in [3.05, 3.63) is 84.6 Å². The number of benzene rings is 2. The Morgan fingerprint density at radius 3 is 2.00 bits per heavy atom. The zero-order valence-electron chi connectivity index (χ0n) is 26.7. The molecule has 12 nitrogen and oxygen atoms in total. The second kappa shape index (κ2) is 19.7. The van der Waals surface area contributed by atoms with Crippen molar-refractivity contribution in [2.24, 2.45) is 0 Å². The van der Waals surface area contributed by atoms with E-state index in [1.54, 1.807) is 18.3 Å². The lowest BCUT2D eigenvalue weighted by Gasteiger charge is -2.23. The van der Waals surface area contributed by atoms with E-state index in [1.165, 1.54) is 0 Å². The second-order valence-corrected chi connectivity index (χ2v) is 13.2. The molecule has 0 fully saturated rings. The Bertz CT molecular complexity index is 1610. The van der Waals surface area contributed by atoms with Crippen LogP contribution in [0.25, 0.3) is 11.1 Å². The van der Waals surface area contributed by atoms with Crippen LogP contribution in [-0.4, -0.2) is 78.1 Å². The molecule has 2 amide bonds. The molecule has 0 bridgehead atoms. The van der Waals surface area contributed by atoms with Crippen LogP contribution in [0.5, 0.6) is 0 Å². The molecule has 1 aromatic heterocycles. The number of hydrogen-bond donors (Lipinski definition) is 5. The van der Waals surface area contributed by atoms with Gasteiger partial charge in [0.05, 0.1) is 18.2 Å². The number of carbonyl (C=O) groups is 4. The Kier molecular flexibility index (Phi) is 16.2. The predicted octanol–water partition coefficient (Wildman–Crippen LogP) is 4.61. The number of carboxylic acids is 2. The van der Waals surface area contributed by atoms with E-state index in [1.807, 2.05) is 60.7 Å². The normalized spacial score (nSPS) is 12.4. The van der Waals surface area contributed by atoms with Gasteiger partial charge in [-0.05, 0) is 48.1 Å². The van der Waals surface area contributed by atoms with Crippen LogP contribution in [-0.2, 0) is 29.0 Å². The number of amides is 2. The van der Waals surface area contributed by atoms with Crippen LogP contribution in [0.2, 0.25) is 0 Å². The molecule has 266 valence electrons. The van der Waals surface area contributed by atoms with E-state index in [0.717, 1.165) is 36.0 Å². The fraction of sp³-hybridized carbons (Fsp3) is 0.364. The molecule has 0 radical (unpaired) electrons. The number of nitrogens with zero attached hydrogens (tertiary/aromatic N) is 1. The zero-order chi connectivity index (χ0) is 36.5. The monoisotopic (exact) mass is 708 g/mol. The van der Waals surface area contributed by atoms with Crippen LogP contribution in [0.1, 0.15) is 50.1 Å². The SMILES string of the molecule is CS(=O)(=O)CC[C@H](NC(=O)CCCCCNc1ccccn1)C(=O)NC(CC(=O)O)c1ccc(-c2ccccc2)cc1.O=C(O)C(F)(F)F. The number of nitrogens with one attached hydrogen (secondary N) is 3. The number of halogens is 3. The number of aromatic nitrogens is 1. The molecular formula is C33H39F3N4O8S. The van der Waals surface area contributed by atoms with Crippen LogP contribution in [0.3, 0.4) is 0 Å². The summed E-state index contributed by atoms with van der Waals surface area (Å²) in [5, 5.41) is 25.2. The van der Waals surface area contributed by atoms with Crippen LogP contribution >= 0.6 is 0 Å². The summed E-state index contributed by atoms with van der Waals surface area (Å²) in [5.41, 5.74) is 2.51. The van der Waals surface area contributed by atoms with Gasteiger partial charge in [-0.1, -0.05) is 67.1 Å². The van der Waals surface area contributed by atoms with Crippen molar-refractivity contribution in [1.82, 2.24) is 15.6 Å². The first kappa shape index (κ1) is 40.2. The molecule has 16 heteroatoms. The average molecular weight is 709 g/mol. The van der Waals surface area contributed by atoms with Crippen molar-refractivity contribution in [3.8, 4) is 11.1 Å². The van der Waals surface area contributed by atoms with E-state index < -0.39 is 45.9 Å². The molecule has 1 heterocycles. The molecule has 0 aliphatic carbocycles. The van der Waals surface area contributed by atoms with Gasteiger partial charge in [-0.2, -0.15) is 13.2 Å². The van der Waals surface area contributed by atoms with Crippen molar-refractivity contribution in [1.29, 1.82) is 0 Å². The number of carboxylic acid groups (broad SMARTS) is 2. The summed E-state index contributed by atoms with van der Waals surface area (Å²) < 4.78 is 55.4. The fourth-order valence-electron chi connectivity index (χ4n) is 4.38. The first-order valence-electron chi connectivity index (χ1n) is 15.1. The lowest BCUT2D eigenvalue weighted by Crippen LogP contribution is -2.48. The molecule has 49 heavy (non-hydrogen) atoms. The van der Waals surface area contributed by atoms with E-state index in [-0.39, 0.29) is 30.9 Å². The molecule has 1 unspecified atom stereocenters. The smallest absolute Gasteiger partial charge is 0.481 e. The maximum Gasteiger partial charge on any atom is 0.490 e. The minimum Gasteiger partial charge on any atom is -0.481 e. The number of hydrogen-bond acceptors (Lipinski definition) is 8. The first-order chi connectivity index (χ1) is 23.0. The van der Waals surface area contributed by atoms with Gasteiger partial charge in [0.25, 0.3) is 0 Å². The maximum atomic E-state index is 13.3. The molecule has 0 aliphatic heterocycles. The Labute approximate surface area is 282 Å². The number of anilines is 1. The topological polar surface area (TPSA) is 192 Å². The predicted molar refractivity (Wildman–Crippen MR) is 176 cm³/mol. The van der Waals surface area contributed by atoms with Gasteiger partial charge in [-0.15, -0.1) is 0 Å². The maximum absolute atomic E-state index is 13.3. The zero-order valence-corrected chi connectivity index (χ0v) is 27.5. The largest absolute Gasteiger partial charge is 0.490 e. The molecule has 0 saturated carbocycles. The van der Waals surface area contributed by atoms with Gasteiger partial charge < -0.3 is 26.2 Å². The molecule has 3 aromatic rings. The van der Waals surface area contributed by atoms with E-state index in [2.05, 4.69) is 20.9 Å². The lowest BCUT2D eigenvalue weighted by molar-refractivity contribution is -0.192. The van der Waals surface area contributed by atoms with Gasteiger partial charge in [-0.25, -0.2) is 18.2 Å². The molecule has 0 saturated heterocycles. The minimum absolute atomic E-state index is 0.128. The van der Waals surface area contributed by atoms with Gasteiger partial charge in [-0.3, -0.25) is 14.4 Å². The van der Waals surface area contributed by atoms with E-state index in [4.69, 9.17) is 9.90 Å². The van der Waals surface area contributed by atoms with Crippen molar-refractivity contribution in [2.75, 3.05) is 23.9 Å². The second-order valence-electron chi connectivity index (χ2n) is 10.9. The third kappa shape index (κ3) is 16.6. The van der Waals surface area contributed by atoms with Crippen LogP contribution in [0, 0.1) is 0 Å². The van der Waals surface area contributed by atoms with Gasteiger partial charge in [0.2, 0.25) is 11.8 Å². The van der Waals surface area contributed by atoms with Gasteiger partial charge >= 0.3 is 18.1 Å². The first-order valence-corrected chi connectivity index (χ1v) is 17.2. The molecule has 2 aromatic carbocycles. The average Bonchev–Trinajstić information content (AvgIpc) is 3.04. The fourth-order valence-corrected chi connectivity index (χ4v) is 5.04. The summed E-state index contributed by atoms with van der Waals surface area (Å²) in [5.74, 6) is -4.40. The third-order valence-corrected chi connectivity index (χ3v) is 7.82. The Morgan fingerprint density at radius 2 is 1.45 bits per heavy atom. The van der Waals surface area contributed by atoms with E-state index >= 15 is 0 Å². The molecule has 5 N–H and O–H groups in total. The van der Waals surface area contributed by atoms with Crippen molar-refractivity contribution in [3.63, 3.8) is 0 Å². The van der Waals surface area contributed by atoms with Crippen molar-refractivity contribution in [2.45, 2.75) is 56.8 Å². The summed E-state index contributed by atoms with van der Waals surface area (Å²) in [6.45, 7) is 0.704. The highest BCUT2D eigenvalue weighted by molar-refractivity contribution is 7.90. The quantitative estimate of drug-likeness (QED) is 0.124. The number of carbonyl (C=O) groups excluding carboxylic acids is 2. The summed E-state index contributed by atoms with van der Waals surface area (Å²) >= 11 is 0. The van der Waals surface area contributed by atoms with Crippen molar-refractivity contribution < 1.29 is 51.0 Å². The van der Waals surface area contributed by atoms with Crippen molar-refractivity contribution >= 4 is 39.4 Å². The molecular weight excluding hydrogens is 669 g/mol. The van der Waals surface area contributed by atoms with Crippen LogP contribution in [0.15, 0.2) is 79.0 Å². The Morgan fingerprint density at radius 1 is 0.837 bits per heavy atom. The molecule has 3 rings (SSSR count). The lowest BCUT2D eigenvalue weighted by atomic mass is 9.98. The highest BCUT2D eigenvalue weighted by atomic mass is 32.2. The molecule has 2 atom stereocenters. The number of rotatable bonds is 17. The number of sulfone groups is 1. The number of unbranched alkanes of at least 4 members (excludes halogenated alkanes) is 2. The minimum atomic E-state index is -5.08. The number of aliphatic carboxylic acids is 2. The van der Waals surface area contributed by atoms with E-state index in [0.29, 0.717) is 18.5 Å². The summed E-state index contributed by atoms with van der Waals surface area (Å²) in [7, 11) is -3.41.